The lowest BCUT2D eigenvalue weighted by atomic mass is 9.91. The first kappa shape index (κ1) is 28.3. The predicted octanol–water partition coefficient (Wildman–Crippen LogP) is 12.3. The highest BCUT2D eigenvalue weighted by atomic mass is 14.9. The van der Waals surface area contributed by atoms with E-state index in [4.69, 9.17) is 9.97 Å². The average molecular weight is 636 g/mol. The molecule has 0 saturated carbocycles. The summed E-state index contributed by atoms with van der Waals surface area (Å²) in [4.78, 5) is 14.7. The van der Waals surface area contributed by atoms with Crippen LogP contribution in [0.2, 0.25) is 0 Å². The molecule has 0 aliphatic carbocycles. The van der Waals surface area contributed by atoms with Crippen molar-refractivity contribution in [1.82, 2.24) is 15.0 Å². The van der Waals surface area contributed by atoms with E-state index in [-0.39, 0.29) is 0 Å². The number of benzene rings is 8. The molecule has 0 unspecified atom stereocenters. The molecule has 50 heavy (non-hydrogen) atoms. The van der Waals surface area contributed by atoms with Crippen molar-refractivity contribution in [3.63, 3.8) is 0 Å². The number of hydrogen-bond donors (Lipinski definition) is 0. The SMILES string of the molecule is c1ccc2c(-c3ccc(-c4cc(-c5ccc(-c6ccncc6)cc5)nc(-c5ccc6ccc7cccc8ccc5c6c78)n4)cc3)cccc2c1. The molecule has 232 valence electrons. The highest BCUT2D eigenvalue weighted by Crippen LogP contribution is 2.40. The van der Waals surface area contributed by atoms with Crippen molar-refractivity contribution in [2.75, 3.05) is 0 Å². The Bertz CT molecular complexity index is 2820. The van der Waals surface area contributed by atoms with Gasteiger partial charge in [-0.2, -0.15) is 0 Å². The van der Waals surface area contributed by atoms with Crippen LogP contribution in [0.4, 0.5) is 0 Å². The van der Waals surface area contributed by atoms with Gasteiger partial charge in [-0.05, 0) is 89.6 Å². The lowest BCUT2D eigenvalue weighted by Gasteiger charge is -2.15. The summed E-state index contributed by atoms with van der Waals surface area (Å²) in [6.07, 6.45) is 3.66. The summed E-state index contributed by atoms with van der Waals surface area (Å²) in [5.74, 6) is 0.715. The zero-order valence-corrected chi connectivity index (χ0v) is 27.1. The summed E-state index contributed by atoms with van der Waals surface area (Å²) < 4.78 is 0. The third-order valence-electron chi connectivity index (χ3n) is 9.97. The number of aromatic nitrogens is 3. The number of rotatable bonds is 5. The molecule has 0 aliphatic heterocycles. The van der Waals surface area contributed by atoms with E-state index in [9.17, 15) is 0 Å². The summed E-state index contributed by atoms with van der Waals surface area (Å²) >= 11 is 0. The van der Waals surface area contributed by atoms with Crippen molar-refractivity contribution in [2.24, 2.45) is 0 Å². The zero-order chi connectivity index (χ0) is 33.0. The van der Waals surface area contributed by atoms with Crippen LogP contribution in [0.25, 0.3) is 99.2 Å². The molecule has 10 rings (SSSR count). The fraction of sp³-hybridized carbons (Fsp3) is 0. The van der Waals surface area contributed by atoms with Gasteiger partial charge in [0.15, 0.2) is 5.82 Å². The molecule has 0 spiro atoms. The standard InChI is InChI=1S/C47H29N3/c1-2-9-39-32(5-1)6-4-10-40(39)33-13-17-35(18-14-33)44-29-43(34-15-11-30(12-16-34)31-25-27-48-28-26-31)49-47(50-44)42-24-22-38-20-19-36-7-3-8-37-21-23-41(42)46(38)45(36)37/h1-29H. The molecule has 0 N–H and O–H groups in total. The van der Waals surface area contributed by atoms with Gasteiger partial charge in [-0.25, -0.2) is 9.97 Å². The molecular weight excluding hydrogens is 607 g/mol. The maximum Gasteiger partial charge on any atom is 0.161 e. The summed E-state index contributed by atoms with van der Waals surface area (Å²) in [7, 11) is 0. The number of fused-ring (bicyclic) bond motifs is 1. The molecule has 2 aromatic heterocycles. The van der Waals surface area contributed by atoms with Crippen LogP contribution >= 0.6 is 0 Å². The van der Waals surface area contributed by atoms with Gasteiger partial charge in [0.25, 0.3) is 0 Å². The molecule has 0 bridgehead atoms. The highest BCUT2D eigenvalue weighted by Gasteiger charge is 2.17. The van der Waals surface area contributed by atoms with Crippen molar-refractivity contribution in [3.8, 4) is 56.2 Å². The third-order valence-corrected chi connectivity index (χ3v) is 9.97. The van der Waals surface area contributed by atoms with Gasteiger partial charge < -0.3 is 0 Å². The van der Waals surface area contributed by atoms with Crippen molar-refractivity contribution in [3.05, 3.63) is 176 Å². The van der Waals surface area contributed by atoms with Crippen LogP contribution in [0.15, 0.2) is 176 Å². The molecule has 3 heteroatoms. The van der Waals surface area contributed by atoms with E-state index >= 15 is 0 Å². The van der Waals surface area contributed by atoms with Crippen LogP contribution in [-0.4, -0.2) is 15.0 Å². The largest absolute Gasteiger partial charge is 0.265 e. The number of pyridine rings is 1. The molecule has 0 fully saturated rings. The van der Waals surface area contributed by atoms with Crippen LogP contribution in [0, 0.1) is 0 Å². The van der Waals surface area contributed by atoms with E-state index in [1.807, 2.05) is 24.5 Å². The van der Waals surface area contributed by atoms with Gasteiger partial charge in [-0.1, -0.05) is 140 Å². The van der Waals surface area contributed by atoms with Crippen molar-refractivity contribution in [1.29, 1.82) is 0 Å². The minimum absolute atomic E-state index is 0.715. The number of nitrogens with zero attached hydrogens (tertiary/aromatic N) is 3. The predicted molar refractivity (Wildman–Crippen MR) is 208 cm³/mol. The summed E-state index contributed by atoms with van der Waals surface area (Å²) in [5.41, 5.74) is 9.56. The van der Waals surface area contributed by atoms with Crippen molar-refractivity contribution >= 4 is 43.1 Å². The second kappa shape index (κ2) is 11.5. The minimum atomic E-state index is 0.715. The van der Waals surface area contributed by atoms with Crippen LogP contribution in [0.1, 0.15) is 0 Å². The zero-order valence-electron chi connectivity index (χ0n) is 27.1. The average Bonchev–Trinajstić information content (AvgIpc) is 3.20. The number of hydrogen-bond acceptors (Lipinski definition) is 3. The van der Waals surface area contributed by atoms with E-state index in [1.54, 1.807) is 0 Å². The van der Waals surface area contributed by atoms with Gasteiger partial charge in [0, 0.05) is 29.1 Å². The Kier molecular flexibility index (Phi) is 6.49. The summed E-state index contributed by atoms with van der Waals surface area (Å²) in [6.45, 7) is 0. The van der Waals surface area contributed by atoms with E-state index in [0.717, 1.165) is 44.6 Å². The lowest BCUT2D eigenvalue weighted by molar-refractivity contribution is 1.19. The fourth-order valence-electron chi connectivity index (χ4n) is 7.47. The topological polar surface area (TPSA) is 38.7 Å². The Morgan fingerprint density at radius 3 is 1.60 bits per heavy atom. The monoisotopic (exact) mass is 635 g/mol. The fourth-order valence-corrected chi connectivity index (χ4v) is 7.47. The maximum absolute atomic E-state index is 5.28. The van der Waals surface area contributed by atoms with Gasteiger partial charge in [-0.15, -0.1) is 0 Å². The van der Waals surface area contributed by atoms with E-state index < -0.39 is 0 Å². The van der Waals surface area contributed by atoms with Crippen LogP contribution in [0.5, 0.6) is 0 Å². The van der Waals surface area contributed by atoms with Gasteiger partial charge in [-0.3, -0.25) is 4.98 Å². The Labute approximate surface area is 289 Å². The molecule has 8 aromatic carbocycles. The molecule has 0 aliphatic rings. The van der Waals surface area contributed by atoms with Crippen LogP contribution in [0.3, 0.4) is 0 Å². The molecule has 10 aromatic rings. The first-order valence-corrected chi connectivity index (χ1v) is 16.9. The summed E-state index contributed by atoms with van der Waals surface area (Å²) in [5, 5.41) is 9.91. The van der Waals surface area contributed by atoms with E-state index in [1.165, 1.54) is 48.8 Å². The lowest BCUT2D eigenvalue weighted by Crippen LogP contribution is -1.97. The molecule has 0 saturated heterocycles. The second-order valence-corrected chi connectivity index (χ2v) is 12.8. The Hall–Kier alpha value is -6.71. The third kappa shape index (κ3) is 4.71. The molecular formula is C47H29N3. The molecule has 0 amide bonds. The van der Waals surface area contributed by atoms with E-state index in [0.29, 0.717) is 5.82 Å². The first-order chi connectivity index (χ1) is 24.8. The van der Waals surface area contributed by atoms with E-state index in [2.05, 4.69) is 157 Å². The normalized spacial score (nSPS) is 11.6. The Balaban J connectivity index is 1.14. The smallest absolute Gasteiger partial charge is 0.161 e. The maximum atomic E-state index is 5.28. The first-order valence-electron chi connectivity index (χ1n) is 16.9. The second-order valence-electron chi connectivity index (χ2n) is 12.8. The Morgan fingerprint density at radius 2 is 0.860 bits per heavy atom. The molecule has 3 nitrogen and oxygen atoms in total. The van der Waals surface area contributed by atoms with Gasteiger partial charge in [0.2, 0.25) is 0 Å². The van der Waals surface area contributed by atoms with Gasteiger partial charge >= 0.3 is 0 Å². The van der Waals surface area contributed by atoms with Gasteiger partial charge in [0.05, 0.1) is 11.4 Å². The van der Waals surface area contributed by atoms with Crippen molar-refractivity contribution < 1.29 is 0 Å². The quantitative estimate of drug-likeness (QED) is 0.177. The van der Waals surface area contributed by atoms with Crippen LogP contribution in [-0.2, 0) is 0 Å². The molecule has 0 atom stereocenters. The molecule has 2 heterocycles. The minimum Gasteiger partial charge on any atom is -0.265 e. The van der Waals surface area contributed by atoms with Crippen molar-refractivity contribution in [2.45, 2.75) is 0 Å². The van der Waals surface area contributed by atoms with Crippen LogP contribution < -0.4 is 0 Å². The Morgan fingerprint density at radius 1 is 0.320 bits per heavy atom. The molecule has 0 radical (unpaired) electrons. The summed E-state index contributed by atoms with van der Waals surface area (Å²) in [6, 6.07) is 58.4. The van der Waals surface area contributed by atoms with Gasteiger partial charge in [0.1, 0.15) is 0 Å². The highest BCUT2D eigenvalue weighted by molar-refractivity contribution is 6.25.